The van der Waals surface area contributed by atoms with Crippen molar-refractivity contribution < 1.29 is 9.21 Å². The van der Waals surface area contributed by atoms with Crippen LogP contribution in [0.5, 0.6) is 0 Å². The van der Waals surface area contributed by atoms with Crippen molar-refractivity contribution in [1.29, 1.82) is 0 Å². The lowest BCUT2D eigenvalue weighted by atomic mass is 10.4. The summed E-state index contributed by atoms with van der Waals surface area (Å²) in [6.07, 6.45) is 4.98. The number of rotatable bonds is 2. The van der Waals surface area contributed by atoms with Crippen LogP contribution in [0.15, 0.2) is 44.3 Å². The van der Waals surface area contributed by atoms with Crippen LogP contribution in [0.1, 0.15) is 5.76 Å². The Morgan fingerprint density at radius 3 is 3.11 bits per heavy atom. The number of hydrogen-bond donors (Lipinski definition) is 0. The van der Waals surface area contributed by atoms with Crippen LogP contribution in [0.2, 0.25) is 0 Å². The molecule has 3 rings (SSSR count). The van der Waals surface area contributed by atoms with E-state index in [1.165, 1.54) is 28.0 Å². The molecule has 0 unspecified atom stereocenters. The Morgan fingerprint density at radius 1 is 1.53 bits per heavy atom. The Labute approximate surface area is 117 Å². The van der Waals surface area contributed by atoms with E-state index >= 15 is 0 Å². The SMILES string of the molecule is CN1C(=O)/C(=C\c2ccco2)S/C1=N/c1nccs1. The van der Waals surface area contributed by atoms with Gasteiger partial charge in [0.05, 0.1) is 11.2 Å². The number of hydrogen-bond acceptors (Lipinski definition) is 6. The summed E-state index contributed by atoms with van der Waals surface area (Å²) in [6.45, 7) is 0. The molecule has 96 valence electrons. The van der Waals surface area contributed by atoms with Gasteiger partial charge in [-0.05, 0) is 23.9 Å². The number of aromatic nitrogens is 1. The molecule has 0 saturated carbocycles. The lowest BCUT2D eigenvalue weighted by molar-refractivity contribution is -0.121. The van der Waals surface area contributed by atoms with Gasteiger partial charge in [-0.25, -0.2) is 4.98 Å². The van der Waals surface area contributed by atoms with Crippen molar-refractivity contribution in [2.24, 2.45) is 4.99 Å². The fraction of sp³-hybridized carbons (Fsp3) is 0.0833. The van der Waals surface area contributed by atoms with E-state index in [9.17, 15) is 4.79 Å². The van der Waals surface area contributed by atoms with Gasteiger partial charge in [0.1, 0.15) is 5.76 Å². The quantitative estimate of drug-likeness (QED) is 0.798. The van der Waals surface area contributed by atoms with E-state index in [0.717, 1.165) is 0 Å². The molecule has 3 heterocycles. The van der Waals surface area contributed by atoms with E-state index in [4.69, 9.17) is 4.42 Å². The summed E-state index contributed by atoms with van der Waals surface area (Å²) in [4.78, 5) is 22.6. The maximum absolute atomic E-state index is 12.1. The normalized spacial score (nSPS) is 19.8. The average Bonchev–Trinajstić information content (AvgIpc) is 3.11. The number of thioether (sulfide) groups is 1. The predicted octanol–water partition coefficient (Wildman–Crippen LogP) is 2.97. The molecule has 19 heavy (non-hydrogen) atoms. The van der Waals surface area contributed by atoms with Gasteiger partial charge in [0, 0.05) is 24.7 Å². The second kappa shape index (κ2) is 5.02. The van der Waals surface area contributed by atoms with Crippen LogP contribution in [0, 0.1) is 0 Å². The van der Waals surface area contributed by atoms with Gasteiger partial charge in [-0.15, -0.1) is 11.3 Å². The number of amides is 1. The molecular formula is C12H9N3O2S2. The average molecular weight is 291 g/mol. The predicted molar refractivity (Wildman–Crippen MR) is 76.3 cm³/mol. The maximum atomic E-state index is 12.1. The van der Waals surface area contributed by atoms with Crippen molar-refractivity contribution in [3.05, 3.63) is 40.6 Å². The van der Waals surface area contributed by atoms with E-state index in [-0.39, 0.29) is 5.91 Å². The van der Waals surface area contributed by atoms with Crippen LogP contribution in [-0.2, 0) is 4.79 Å². The smallest absolute Gasteiger partial charge is 0.266 e. The van der Waals surface area contributed by atoms with Gasteiger partial charge < -0.3 is 4.42 Å². The first-order valence-electron chi connectivity index (χ1n) is 5.43. The first kappa shape index (κ1) is 12.2. The third-order valence-electron chi connectivity index (χ3n) is 2.43. The van der Waals surface area contributed by atoms with Crippen molar-refractivity contribution in [1.82, 2.24) is 9.88 Å². The van der Waals surface area contributed by atoms with Gasteiger partial charge in [-0.3, -0.25) is 9.69 Å². The highest BCUT2D eigenvalue weighted by molar-refractivity contribution is 8.18. The van der Waals surface area contributed by atoms with Gasteiger partial charge in [0.15, 0.2) is 5.17 Å². The summed E-state index contributed by atoms with van der Waals surface area (Å²) in [5, 5.41) is 3.11. The first-order chi connectivity index (χ1) is 9.24. The van der Waals surface area contributed by atoms with Crippen LogP contribution in [0.3, 0.4) is 0 Å². The third-order valence-corrected chi connectivity index (χ3v) is 4.16. The summed E-state index contributed by atoms with van der Waals surface area (Å²) >= 11 is 2.75. The van der Waals surface area contributed by atoms with E-state index in [1.807, 2.05) is 5.38 Å². The number of amidine groups is 1. The van der Waals surface area contributed by atoms with Crippen molar-refractivity contribution in [2.75, 3.05) is 7.05 Å². The number of aliphatic imine (C=N–C) groups is 1. The molecule has 2 aromatic heterocycles. The van der Waals surface area contributed by atoms with Crippen molar-refractivity contribution in [3.63, 3.8) is 0 Å². The number of carbonyl (C=O) groups excluding carboxylic acids is 1. The molecule has 7 heteroatoms. The van der Waals surface area contributed by atoms with Gasteiger partial charge in [-0.2, -0.15) is 4.99 Å². The van der Waals surface area contributed by atoms with Gasteiger partial charge in [-0.1, -0.05) is 0 Å². The zero-order chi connectivity index (χ0) is 13.2. The Morgan fingerprint density at radius 2 is 2.42 bits per heavy atom. The number of nitrogens with zero attached hydrogens (tertiary/aromatic N) is 3. The van der Waals surface area contributed by atoms with Crippen molar-refractivity contribution >= 4 is 45.4 Å². The topological polar surface area (TPSA) is 58.7 Å². The van der Waals surface area contributed by atoms with E-state index < -0.39 is 0 Å². The minimum atomic E-state index is -0.0864. The molecule has 2 aromatic rings. The molecule has 0 spiro atoms. The molecule has 0 atom stereocenters. The zero-order valence-corrected chi connectivity index (χ0v) is 11.6. The Bertz CT molecular complexity index is 645. The lowest BCUT2D eigenvalue weighted by Gasteiger charge is -2.05. The standard InChI is InChI=1S/C12H9N3O2S2/c1-15-10(16)9(7-8-3-2-5-17-8)19-12(15)14-11-13-4-6-18-11/h2-7H,1H3/b9-7+,14-12+. The maximum Gasteiger partial charge on any atom is 0.266 e. The number of furan rings is 1. The highest BCUT2D eigenvalue weighted by atomic mass is 32.2. The fourth-order valence-electron chi connectivity index (χ4n) is 1.51. The van der Waals surface area contributed by atoms with Crippen molar-refractivity contribution in [2.45, 2.75) is 0 Å². The van der Waals surface area contributed by atoms with Gasteiger partial charge >= 0.3 is 0 Å². The number of likely N-dealkylation sites (N-methyl/N-ethyl adjacent to an activating group) is 1. The third kappa shape index (κ3) is 2.47. The van der Waals surface area contributed by atoms with Crippen molar-refractivity contribution in [3.8, 4) is 0 Å². The number of carbonyl (C=O) groups is 1. The summed E-state index contributed by atoms with van der Waals surface area (Å²) in [5.74, 6) is 0.566. The van der Waals surface area contributed by atoms with E-state index in [0.29, 0.717) is 21.0 Å². The van der Waals surface area contributed by atoms with Crippen LogP contribution in [-0.4, -0.2) is 28.0 Å². The molecule has 1 aliphatic heterocycles. The molecule has 0 aromatic carbocycles. The van der Waals surface area contributed by atoms with Crippen LogP contribution in [0.4, 0.5) is 5.13 Å². The minimum absolute atomic E-state index is 0.0864. The van der Waals surface area contributed by atoms with E-state index in [1.54, 1.807) is 37.7 Å². The second-order valence-corrected chi connectivity index (χ2v) is 5.58. The second-order valence-electron chi connectivity index (χ2n) is 3.70. The van der Waals surface area contributed by atoms with Crippen LogP contribution in [0.25, 0.3) is 6.08 Å². The summed E-state index contributed by atoms with van der Waals surface area (Å²) in [6, 6.07) is 3.58. The molecule has 0 bridgehead atoms. The molecule has 1 saturated heterocycles. The Hall–Kier alpha value is -1.86. The van der Waals surface area contributed by atoms with Crippen LogP contribution < -0.4 is 0 Å². The molecular weight excluding hydrogens is 282 g/mol. The molecule has 1 amide bonds. The minimum Gasteiger partial charge on any atom is -0.465 e. The number of thiazole rings is 1. The molecule has 0 radical (unpaired) electrons. The molecule has 1 fully saturated rings. The zero-order valence-electron chi connectivity index (χ0n) is 9.94. The van der Waals surface area contributed by atoms with E-state index in [2.05, 4.69) is 9.98 Å². The lowest BCUT2D eigenvalue weighted by Crippen LogP contribution is -2.23. The molecule has 1 aliphatic rings. The summed E-state index contributed by atoms with van der Waals surface area (Å²) in [7, 11) is 1.70. The highest BCUT2D eigenvalue weighted by Gasteiger charge is 2.30. The Balaban J connectivity index is 1.90. The summed E-state index contributed by atoms with van der Waals surface area (Å²) < 4.78 is 5.21. The molecule has 0 aliphatic carbocycles. The molecule has 5 nitrogen and oxygen atoms in total. The first-order valence-corrected chi connectivity index (χ1v) is 7.13. The van der Waals surface area contributed by atoms with Gasteiger partial charge in [0.25, 0.3) is 5.91 Å². The monoisotopic (exact) mass is 291 g/mol. The Kier molecular flexibility index (Phi) is 3.22. The van der Waals surface area contributed by atoms with Gasteiger partial charge in [0.2, 0.25) is 5.13 Å². The highest BCUT2D eigenvalue weighted by Crippen LogP contribution is 2.33. The fourth-order valence-corrected chi connectivity index (χ4v) is 3.02. The molecule has 0 N–H and O–H groups in total. The largest absolute Gasteiger partial charge is 0.465 e. The summed E-state index contributed by atoms with van der Waals surface area (Å²) in [5.41, 5.74) is 0. The van der Waals surface area contributed by atoms with Crippen LogP contribution >= 0.6 is 23.1 Å².